The van der Waals surface area contributed by atoms with Gasteiger partial charge in [0.1, 0.15) is 17.9 Å². The number of benzene rings is 2. The van der Waals surface area contributed by atoms with E-state index in [1.54, 1.807) is 0 Å². The molecular formula is C26H29NO4. The highest BCUT2D eigenvalue weighted by Gasteiger charge is 2.18. The van der Waals surface area contributed by atoms with E-state index in [0.29, 0.717) is 35.6 Å². The largest absolute Gasteiger partial charge is 0.488 e. The van der Waals surface area contributed by atoms with Crippen LogP contribution in [0.15, 0.2) is 63.8 Å². The molecule has 31 heavy (non-hydrogen) atoms. The monoisotopic (exact) mass is 419 g/mol. The molecule has 5 heteroatoms. The number of carbonyl (C=O) groups excluding carboxylic acids is 1. The van der Waals surface area contributed by atoms with E-state index in [-0.39, 0.29) is 12.3 Å². The van der Waals surface area contributed by atoms with Gasteiger partial charge < -0.3 is 14.5 Å². The van der Waals surface area contributed by atoms with Crippen LogP contribution in [-0.2, 0) is 17.6 Å². The number of rotatable bonds is 9. The Morgan fingerprint density at radius 3 is 2.61 bits per heavy atom. The highest BCUT2D eigenvalue weighted by molar-refractivity contribution is 5.89. The van der Waals surface area contributed by atoms with Gasteiger partial charge in [0.25, 0.3) is 0 Å². The molecule has 0 atom stereocenters. The van der Waals surface area contributed by atoms with E-state index in [4.69, 9.17) is 9.15 Å². The molecule has 0 unspecified atom stereocenters. The number of nitrogens with one attached hydrogen (secondary N) is 1. The molecule has 1 aromatic heterocycles. The van der Waals surface area contributed by atoms with Crippen molar-refractivity contribution in [3.8, 4) is 5.75 Å². The molecule has 0 fully saturated rings. The molecule has 3 aromatic rings. The van der Waals surface area contributed by atoms with Crippen LogP contribution in [-0.4, -0.2) is 19.1 Å². The Morgan fingerprint density at radius 1 is 1.16 bits per heavy atom. The van der Waals surface area contributed by atoms with E-state index in [0.717, 1.165) is 29.4 Å². The number of aryl methyl sites for hydroxylation is 3. The highest BCUT2D eigenvalue weighted by atomic mass is 16.5. The molecule has 0 saturated heterocycles. The van der Waals surface area contributed by atoms with Gasteiger partial charge in [-0.25, -0.2) is 4.79 Å². The topological polar surface area (TPSA) is 68.5 Å². The van der Waals surface area contributed by atoms with E-state index in [2.05, 4.69) is 24.0 Å². The Morgan fingerprint density at radius 2 is 1.90 bits per heavy atom. The first-order chi connectivity index (χ1) is 14.8. The summed E-state index contributed by atoms with van der Waals surface area (Å²) < 4.78 is 11.4. The predicted octanol–water partition coefficient (Wildman–Crippen LogP) is 4.66. The average molecular weight is 420 g/mol. The number of carbonyl (C=O) groups is 1. The molecule has 1 heterocycles. The molecule has 0 aliphatic heterocycles. The van der Waals surface area contributed by atoms with Crippen molar-refractivity contribution in [1.82, 2.24) is 5.32 Å². The number of fused-ring (bicyclic) bond motifs is 1. The molecule has 0 bridgehead atoms. The fourth-order valence-corrected chi connectivity index (χ4v) is 3.54. The summed E-state index contributed by atoms with van der Waals surface area (Å²) >= 11 is 0. The summed E-state index contributed by atoms with van der Waals surface area (Å²) in [5, 5.41) is 3.63. The molecule has 0 radical (unpaired) electrons. The van der Waals surface area contributed by atoms with Crippen LogP contribution in [0.5, 0.6) is 5.75 Å². The zero-order chi connectivity index (χ0) is 22.4. The summed E-state index contributed by atoms with van der Waals surface area (Å²) in [6.07, 6.45) is 1.70. The number of hydrogen-bond acceptors (Lipinski definition) is 4. The predicted molar refractivity (Wildman–Crippen MR) is 124 cm³/mol. The number of amides is 1. The summed E-state index contributed by atoms with van der Waals surface area (Å²) in [4.78, 5) is 25.1. The minimum Gasteiger partial charge on any atom is -0.488 e. The van der Waals surface area contributed by atoms with Crippen molar-refractivity contribution in [3.05, 3.63) is 87.3 Å². The molecule has 2 aromatic carbocycles. The lowest BCUT2D eigenvalue weighted by Crippen LogP contribution is -2.28. The minimum absolute atomic E-state index is 0.0246. The van der Waals surface area contributed by atoms with Gasteiger partial charge in [-0.15, -0.1) is 0 Å². The number of hydrogen-bond donors (Lipinski definition) is 1. The molecule has 0 aliphatic carbocycles. The molecule has 162 valence electrons. The van der Waals surface area contributed by atoms with Gasteiger partial charge in [0.15, 0.2) is 0 Å². The van der Waals surface area contributed by atoms with Gasteiger partial charge in [-0.1, -0.05) is 36.9 Å². The van der Waals surface area contributed by atoms with Crippen LogP contribution in [0.3, 0.4) is 0 Å². The Balaban J connectivity index is 1.74. The van der Waals surface area contributed by atoms with Gasteiger partial charge in [-0.05, 0) is 68.0 Å². The summed E-state index contributed by atoms with van der Waals surface area (Å²) in [6.45, 7) is 10.4. The minimum atomic E-state index is -0.485. The third-order valence-electron chi connectivity index (χ3n) is 5.11. The second kappa shape index (κ2) is 10.1. The maximum Gasteiger partial charge on any atom is 0.340 e. The lowest BCUT2D eigenvalue weighted by molar-refractivity contribution is -0.120. The van der Waals surface area contributed by atoms with Crippen LogP contribution in [0.4, 0.5) is 0 Å². The summed E-state index contributed by atoms with van der Waals surface area (Å²) in [6, 6.07) is 13.9. The maximum atomic E-state index is 12.6. The van der Waals surface area contributed by atoms with Gasteiger partial charge in [0.05, 0.1) is 17.4 Å². The molecule has 5 nitrogen and oxygen atoms in total. The quantitative estimate of drug-likeness (QED) is 0.311. The molecule has 0 aliphatic rings. The van der Waals surface area contributed by atoms with Crippen LogP contribution in [0.1, 0.15) is 35.6 Å². The Hall–Kier alpha value is -3.34. The molecule has 1 amide bonds. The van der Waals surface area contributed by atoms with Crippen molar-refractivity contribution in [2.24, 2.45) is 0 Å². The third kappa shape index (κ3) is 5.85. The Bertz CT molecular complexity index is 1150. The zero-order valence-electron chi connectivity index (χ0n) is 18.4. The SMILES string of the molecule is C=C(C)COc1cc(C)cc2oc(=O)c(CC(=O)NCCCc3ccccc3)c(C)c12. The second-order valence-electron chi connectivity index (χ2n) is 7.99. The maximum absolute atomic E-state index is 12.6. The van der Waals surface area contributed by atoms with Gasteiger partial charge >= 0.3 is 5.63 Å². The van der Waals surface area contributed by atoms with Crippen LogP contribution in [0.2, 0.25) is 0 Å². The average Bonchev–Trinajstić information content (AvgIpc) is 2.73. The van der Waals surface area contributed by atoms with Crippen molar-refractivity contribution in [2.45, 2.75) is 40.0 Å². The summed E-state index contributed by atoms with van der Waals surface area (Å²) in [5.74, 6) is 0.433. The molecule has 0 saturated carbocycles. The fourth-order valence-electron chi connectivity index (χ4n) is 3.54. The Kier molecular flexibility index (Phi) is 7.29. The van der Waals surface area contributed by atoms with Crippen molar-refractivity contribution < 1.29 is 13.9 Å². The third-order valence-corrected chi connectivity index (χ3v) is 5.11. The summed E-state index contributed by atoms with van der Waals surface area (Å²) in [5.41, 5.74) is 4.10. The Labute approximate surface area is 182 Å². The normalized spacial score (nSPS) is 10.8. The molecular weight excluding hydrogens is 390 g/mol. The van der Waals surface area contributed by atoms with E-state index in [1.165, 1.54) is 5.56 Å². The first-order valence-corrected chi connectivity index (χ1v) is 10.5. The lowest BCUT2D eigenvalue weighted by atomic mass is 10.0. The lowest BCUT2D eigenvalue weighted by Gasteiger charge is -2.14. The van der Waals surface area contributed by atoms with E-state index in [1.807, 2.05) is 51.1 Å². The van der Waals surface area contributed by atoms with E-state index < -0.39 is 5.63 Å². The van der Waals surface area contributed by atoms with Crippen LogP contribution in [0, 0.1) is 13.8 Å². The smallest absolute Gasteiger partial charge is 0.340 e. The van der Waals surface area contributed by atoms with Gasteiger partial charge in [0, 0.05) is 6.54 Å². The van der Waals surface area contributed by atoms with Gasteiger partial charge in [-0.3, -0.25) is 4.79 Å². The zero-order valence-corrected chi connectivity index (χ0v) is 18.4. The molecule has 0 spiro atoms. The first kappa shape index (κ1) is 22.3. The van der Waals surface area contributed by atoms with Crippen LogP contribution >= 0.6 is 0 Å². The first-order valence-electron chi connectivity index (χ1n) is 10.5. The van der Waals surface area contributed by atoms with Crippen molar-refractivity contribution >= 4 is 16.9 Å². The summed E-state index contributed by atoms with van der Waals surface area (Å²) in [7, 11) is 0. The molecule has 3 rings (SSSR count). The highest BCUT2D eigenvalue weighted by Crippen LogP contribution is 2.31. The van der Waals surface area contributed by atoms with Gasteiger partial charge in [-0.2, -0.15) is 0 Å². The van der Waals surface area contributed by atoms with Crippen molar-refractivity contribution in [2.75, 3.05) is 13.2 Å². The van der Waals surface area contributed by atoms with Gasteiger partial charge in [0.2, 0.25) is 5.91 Å². The van der Waals surface area contributed by atoms with Crippen molar-refractivity contribution in [3.63, 3.8) is 0 Å². The second-order valence-corrected chi connectivity index (χ2v) is 7.99. The number of ether oxygens (including phenoxy) is 1. The standard InChI is InChI=1S/C26H29NO4/c1-17(2)16-30-22-13-18(3)14-23-25(22)19(4)21(26(29)31-23)15-24(28)27-12-8-11-20-9-6-5-7-10-20/h5-7,9-10,13-14H,1,8,11-12,15-16H2,2-4H3,(H,27,28). The molecule has 1 N–H and O–H groups in total. The van der Waals surface area contributed by atoms with Crippen molar-refractivity contribution in [1.29, 1.82) is 0 Å². The van der Waals surface area contributed by atoms with Crippen LogP contribution < -0.4 is 15.7 Å². The van der Waals surface area contributed by atoms with E-state index in [9.17, 15) is 9.59 Å². The van der Waals surface area contributed by atoms with Crippen LogP contribution in [0.25, 0.3) is 11.0 Å². The van der Waals surface area contributed by atoms with E-state index >= 15 is 0 Å². The fraction of sp³-hybridized carbons (Fsp3) is 0.308.